The third-order valence-corrected chi connectivity index (χ3v) is 4.96. The second-order valence-corrected chi connectivity index (χ2v) is 7.11. The highest BCUT2D eigenvalue weighted by atomic mass is 16.4. The Bertz CT molecular complexity index is 279. The first-order valence-corrected chi connectivity index (χ1v) is 9.36. The Morgan fingerprint density at radius 2 is 1.18 bits per heavy atom. The molecule has 0 rings (SSSR count). The second kappa shape index (κ2) is 12.9. The first kappa shape index (κ1) is 21.4. The maximum Gasteiger partial charge on any atom is 0.323 e. The number of nitrogens with zero attached hydrogens (tertiary/aromatic N) is 1. The maximum atomic E-state index is 11.4. The zero-order chi connectivity index (χ0) is 16.8. The number of carbonyl (C=O) groups is 1. The number of unbranched alkanes of at least 4 members (excludes halogenated alkanes) is 11. The Kier molecular flexibility index (Phi) is 12.6. The molecule has 0 amide bonds. The van der Waals surface area contributed by atoms with Gasteiger partial charge in [0.1, 0.15) is 5.54 Å². The fraction of sp³-hybridized carbons (Fsp3) is 0.947. The van der Waals surface area contributed by atoms with E-state index in [9.17, 15) is 9.90 Å². The molecule has 1 atom stereocenters. The Balaban J connectivity index is 3.45. The van der Waals surface area contributed by atoms with Crippen molar-refractivity contribution in [1.82, 2.24) is 4.90 Å². The summed E-state index contributed by atoms with van der Waals surface area (Å²) < 4.78 is 0. The summed E-state index contributed by atoms with van der Waals surface area (Å²) in [7, 11) is 3.71. The molecule has 0 radical (unpaired) electrons. The first-order chi connectivity index (χ1) is 10.4. The van der Waals surface area contributed by atoms with Gasteiger partial charge in [-0.3, -0.25) is 9.69 Å². The molecule has 0 fully saturated rings. The minimum atomic E-state index is -0.710. The summed E-state index contributed by atoms with van der Waals surface area (Å²) in [6.45, 7) is 4.09. The first-order valence-electron chi connectivity index (χ1n) is 9.36. The van der Waals surface area contributed by atoms with Gasteiger partial charge in [-0.05, 0) is 27.4 Å². The van der Waals surface area contributed by atoms with Gasteiger partial charge in [-0.25, -0.2) is 0 Å². The molecule has 0 aliphatic carbocycles. The van der Waals surface area contributed by atoms with E-state index in [2.05, 4.69) is 6.92 Å². The normalized spacial score (nSPS) is 14.2. The molecule has 0 saturated heterocycles. The van der Waals surface area contributed by atoms with Gasteiger partial charge in [0.25, 0.3) is 0 Å². The van der Waals surface area contributed by atoms with Crippen LogP contribution in [0.3, 0.4) is 0 Å². The molecule has 0 aliphatic rings. The lowest BCUT2D eigenvalue weighted by atomic mass is 9.92. The molecule has 1 unspecified atom stereocenters. The number of carboxylic acid groups (broad SMARTS) is 1. The van der Waals surface area contributed by atoms with Gasteiger partial charge in [0.2, 0.25) is 0 Å². The van der Waals surface area contributed by atoms with Gasteiger partial charge in [-0.2, -0.15) is 0 Å². The summed E-state index contributed by atoms with van der Waals surface area (Å²) in [5.74, 6) is -0.708. The SMILES string of the molecule is CCCCCCCCCCCCCCC(C)(C(=O)O)N(C)C. The van der Waals surface area contributed by atoms with E-state index in [1.807, 2.05) is 25.9 Å². The Hall–Kier alpha value is -0.570. The van der Waals surface area contributed by atoms with Crippen LogP contribution >= 0.6 is 0 Å². The van der Waals surface area contributed by atoms with Crippen LogP contribution in [0.1, 0.15) is 97.3 Å². The third-order valence-electron chi connectivity index (χ3n) is 4.96. The van der Waals surface area contributed by atoms with Gasteiger partial charge >= 0.3 is 5.97 Å². The van der Waals surface area contributed by atoms with E-state index in [1.54, 1.807) is 0 Å². The molecule has 22 heavy (non-hydrogen) atoms. The minimum absolute atomic E-state index is 0.708. The van der Waals surface area contributed by atoms with Gasteiger partial charge in [0.05, 0.1) is 0 Å². The van der Waals surface area contributed by atoms with Gasteiger partial charge in [0, 0.05) is 0 Å². The van der Waals surface area contributed by atoms with Gasteiger partial charge < -0.3 is 5.11 Å². The molecule has 3 nitrogen and oxygen atoms in total. The number of carboxylic acids is 1. The molecule has 1 N–H and O–H groups in total. The number of rotatable bonds is 15. The van der Waals surface area contributed by atoms with Gasteiger partial charge in [0.15, 0.2) is 0 Å². The standard InChI is InChI=1S/C19H39NO2/c1-5-6-7-8-9-10-11-12-13-14-15-16-17-19(2,18(21)22)20(3)4/h5-17H2,1-4H3,(H,21,22). The Morgan fingerprint density at radius 3 is 1.50 bits per heavy atom. The topological polar surface area (TPSA) is 40.5 Å². The van der Waals surface area contributed by atoms with E-state index in [0.717, 1.165) is 19.3 Å². The highest BCUT2D eigenvalue weighted by Gasteiger charge is 2.34. The van der Waals surface area contributed by atoms with Crippen LogP contribution in [-0.2, 0) is 4.79 Å². The maximum absolute atomic E-state index is 11.4. The average Bonchev–Trinajstić information content (AvgIpc) is 2.47. The van der Waals surface area contributed by atoms with Crippen molar-refractivity contribution in [3.8, 4) is 0 Å². The van der Waals surface area contributed by atoms with Crippen LogP contribution < -0.4 is 0 Å². The van der Waals surface area contributed by atoms with Crippen LogP contribution in [0.15, 0.2) is 0 Å². The third kappa shape index (κ3) is 9.45. The summed E-state index contributed by atoms with van der Waals surface area (Å²) >= 11 is 0. The number of hydrogen-bond acceptors (Lipinski definition) is 2. The molecule has 132 valence electrons. The lowest BCUT2D eigenvalue weighted by Gasteiger charge is -2.32. The number of hydrogen-bond donors (Lipinski definition) is 1. The summed E-state index contributed by atoms with van der Waals surface area (Å²) in [5, 5.41) is 9.34. The smallest absolute Gasteiger partial charge is 0.323 e. The average molecular weight is 314 g/mol. The molecular formula is C19H39NO2. The van der Waals surface area contributed by atoms with E-state index < -0.39 is 11.5 Å². The van der Waals surface area contributed by atoms with E-state index in [1.165, 1.54) is 64.2 Å². The lowest BCUT2D eigenvalue weighted by molar-refractivity contribution is -0.149. The fourth-order valence-electron chi connectivity index (χ4n) is 2.83. The predicted molar refractivity (Wildman–Crippen MR) is 95.4 cm³/mol. The van der Waals surface area contributed by atoms with Crippen molar-refractivity contribution < 1.29 is 9.90 Å². The van der Waals surface area contributed by atoms with E-state index in [0.29, 0.717) is 0 Å². The van der Waals surface area contributed by atoms with Crippen molar-refractivity contribution in [2.75, 3.05) is 14.1 Å². The van der Waals surface area contributed by atoms with Crippen LogP contribution in [0.25, 0.3) is 0 Å². The molecule has 0 spiro atoms. The van der Waals surface area contributed by atoms with Crippen molar-refractivity contribution in [1.29, 1.82) is 0 Å². The quantitative estimate of drug-likeness (QED) is 0.407. The molecule has 3 heteroatoms. The zero-order valence-corrected chi connectivity index (χ0v) is 15.5. The highest BCUT2D eigenvalue weighted by molar-refractivity contribution is 5.78. The van der Waals surface area contributed by atoms with Crippen molar-refractivity contribution in [2.24, 2.45) is 0 Å². The Morgan fingerprint density at radius 1 is 0.818 bits per heavy atom. The zero-order valence-electron chi connectivity index (χ0n) is 15.5. The second-order valence-electron chi connectivity index (χ2n) is 7.11. The van der Waals surface area contributed by atoms with Gasteiger partial charge in [-0.1, -0.05) is 84.0 Å². The van der Waals surface area contributed by atoms with Crippen LogP contribution in [0, 0.1) is 0 Å². The van der Waals surface area contributed by atoms with Crippen LogP contribution in [-0.4, -0.2) is 35.6 Å². The molecule has 0 saturated carbocycles. The molecule has 0 aromatic carbocycles. The van der Waals surface area contributed by atoms with Gasteiger partial charge in [-0.15, -0.1) is 0 Å². The van der Waals surface area contributed by atoms with E-state index in [4.69, 9.17) is 0 Å². The van der Waals surface area contributed by atoms with Crippen LogP contribution in [0.5, 0.6) is 0 Å². The summed E-state index contributed by atoms with van der Waals surface area (Å²) in [6, 6.07) is 0. The van der Waals surface area contributed by atoms with E-state index >= 15 is 0 Å². The molecule has 0 bridgehead atoms. The summed E-state index contributed by atoms with van der Waals surface area (Å²) in [4.78, 5) is 13.2. The largest absolute Gasteiger partial charge is 0.480 e. The van der Waals surface area contributed by atoms with Crippen molar-refractivity contribution in [3.63, 3.8) is 0 Å². The monoisotopic (exact) mass is 313 g/mol. The summed E-state index contributed by atoms with van der Waals surface area (Å²) in [5.41, 5.74) is -0.710. The van der Waals surface area contributed by atoms with E-state index in [-0.39, 0.29) is 0 Å². The highest BCUT2D eigenvalue weighted by Crippen LogP contribution is 2.21. The fourth-order valence-corrected chi connectivity index (χ4v) is 2.83. The van der Waals surface area contributed by atoms with Crippen molar-refractivity contribution in [2.45, 2.75) is 103 Å². The lowest BCUT2D eigenvalue weighted by Crippen LogP contribution is -2.48. The minimum Gasteiger partial charge on any atom is -0.480 e. The molecule has 0 heterocycles. The molecule has 0 aromatic heterocycles. The molecule has 0 aromatic rings. The van der Waals surface area contributed by atoms with Crippen molar-refractivity contribution >= 4 is 5.97 Å². The van der Waals surface area contributed by atoms with Crippen molar-refractivity contribution in [3.05, 3.63) is 0 Å². The summed E-state index contributed by atoms with van der Waals surface area (Å²) in [6.07, 6.45) is 16.5. The number of aliphatic carboxylic acids is 1. The molecule has 0 aliphatic heterocycles. The number of likely N-dealkylation sites (N-methyl/N-ethyl adjacent to an activating group) is 1. The van der Waals surface area contributed by atoms with Crippen LogP contribution in [0.2, 0.25) is 0 Å². The Labute approximate surface area is 138 Å². The molecular weight excluding hydrogens is 274 g/mol. The predicted octanol–water partition coefficient (Wildman–Crippen LogP) is 5.48. The van der Waals surface area contributed by atoms with Crippen LogP contribution in [0.4, 0.5) is 0 Å².